The minimum atomic E-state index is -0.770. The zero-order valence-corrected chi connectivity index (χ0v) is 12.8. The Labute approximate surface area is 137 Å². The molecule has 0 aliphatic heterocycles. The minimum Gasteiger partial charge on any atom is -0.497 e. The highest BCUT2D eigenvalue weighted by Gasteiger charge is 2.20. The van der Waals surface area contributed by atoms with Crippen molar-refractivity contribution in [3.63, 3.8) is 0 Å². The average molecular weight is 319 g/mol. The lowest BCUT2D eigenvalue weighted by atomic mass is 10.1. The van der Waals surface area contributed by atoms with Crippen molar-refractivity contribution >= 4 is 28.3 Å². The number of Topliss-reactive ketones (excluding diaryl/α,β-unsaturated/α-hetero) is 1. The first-order chi connectivity index (χ1) is 11.6. The summed E-state index contributed by atoms with van der Waals surface area (Å²) in [6.07, 6.45) is 1.50. The molecular weight excluding hydrogens is 306 g/mol. The van der Waals surface area contributed by atoms with Gasteiger partial charge < -0.3 is 15.0 Å². The number of anilines is 1. The van der Waals surface area contributed by atoms with Gasteiger partial charge >= 0.3 is 0 Å². The van der Waals surface area contributed by atoms with Crippen LogP contribution in [0.3, 0.4) is 0 Å². The molecule has 1 heterocycles. The molecule has 2 N–H and O–H groups in total. The smallest absolute Gasteiger partial charge is 0.296 e. The van der Waals surface area contributed by atoms with Gasteiger partial charge in [-0.05, 0) is 36.4 Å². The van der Waals surface area contributed by atoms with Crippen LogP contribution >= 0.6 is 0 Å². The van der Waals surface area contributed by atoms with Crippen LogP contribution in [0.25, 0.3) is 10.9 Å². The molecule has 0 unspecified atom stereocenters. The molecule has 0 saturated carbocycles. The Hall–Kier alpha value is -3.59. The summed E-state index contributed by atoms with van der Waals surface area (Å²) in [5.74, 6) is -0.844. The van der Waals surface area contributed by atoms with Gasteiger partial charge in [0.15, 0.2) is 0 Å². The van der Waals surface area contributed by atoms with Crippen molar-refractivity contribution < 1.29 is 14.3 Å². The minimum absolute atomic E-state index is 0.262. The molecule has 1 aromatic heterocycles. The Bertz CT molecular complexity index is 983. The van der Waals surface area contributed by atoms with Crippen molar-refractivity contribution in [1.29, 1.82) is 5.26 Å². The fraction of sp³-hybridized carbons (Fsp3) is 0.0556. The van der Waals surface area contributed by atoms with E-state index in [1.165, 1.54) is 19.4 Å². The van der Waals surface area contributed by atoms with Crippen LogP contribution in [0.2, 0.25) is 0 Å². The summed E-state index contributed by atoms with van der Waals surface area (Å²) in [6.45, 7) is 0. The SMILES string of the molecule is COc1ccc2[nH]cc(C(=O)C(=O)Nc3cccc(C#N)c3)c2c1. The summed E-state index contributed by atoms with van der Waals surface area (Å²) in [4.78, 5) is 27.6. The number of aromatic amines is 1. The molecule has 6 nitrogen and oxygen atoms in total. The molecule has 0 bridgehead atoms. The molecule has 6 heteroatoms. The lowest BCUT2D eigenvalue weighted by Gasteiger charge is -2.05. The predicted octanol–water partition coefficient (Wildman–Crippen LogP) is 2.87. The van der Waals surface area contributed by atoms with E-state index in [1.54, 1.807) is 36.4 Å². The van der Waals surface area contributed by atoms with E-state index in [4.69, 9.17) is 10.00 Å². The van der Waals surface area contributed by atoms with Crippen molar-refractivity contribution in [1.82, 2.24) is 4.98 Å². The number of hydrogen-bond acceptors (Lipinski definition) is 4. The number of ketones is 1. The van der Waals surface area contributed by atoms with Gasteiger partial charge in [0.1, 0.15) is 5.75 Å². The summed E-state index contributed by atoms with van der Waals surface area (Å²) < 4.78 is 5.15. The Kier molecular flexibility index (Phi) is 4.00. The van der Waals surface area contributed by atoms with Crippen LogP contribution in [0.15, 0.2) is 48.7 Å². The van der Waals surface area contributed by atoms with Crippen molar-refractivity contribution in [3.8, 4) is 11.8 Å². The van der Waals surface area contributed by atoms with Gasteiger partial charge in [0.2, 0.25) is 0 Å². The van der Waals surface area contributed by atoms with Gasteiger partial charge in [-0.2, -0.15) is 5.26 Å². The van der Waals surface area contributed by atoms with Crippen LogP contribution in [0.1, 0.15) is 15.9 Å². The lowest BCUT2D eigenvalue weighted by molar-refractivity contribution is -0.112. The molecule has 3 rings (SSSR count). The standard InChI is InChI=1S/C18H13N3O3/c1-24-13-5-6-16-14(8-13)15(10-20-16)17(22)18(23)21-12-4-2-3-11(7-12)9-19/h2-8,10,20H,1H3,(H,21,23). The Balaban J connectivity index is 1.88. The molecule has 24 heavy (non-hydrogen) atoms. The second-order valence-corrected chi connectivity index (χ2v) is 5.09. The van der Waals surface area contributed by atoms with E-state index in [2.05, 4.69) is 10.3 Å². The maximum Gasteiger partial charge on any atom is 0.296 e. The third-order valence-corrected chi connectivity index (χ3v) is 3.59. The average Bonchev–Trinajstić information content (AvgIpc) is 3.04. The third kappa shape index (κ3) is 2.83. The molecule has 0 spiro atoms. The molecule has 0 radical (unpaired) electrons. The van der Waals surface area contributed by atoms with Crippen molar-refractivity contribution in [3.05, 3.63) is 59.8 Å². The number of nitrogens with zero attached hydrogens (tertiary/aromatic N) is 1. The normalized spacial score (nSPS) is 10.2. The van der Waals surface area contributed by atoms with E-state index in [9.17, 15) is 9.59 Å². The molecule has 0 aliphatic carbocycles. The van der Waals surface area contributed by atoms with Gasteiger partial charge in [0.05, 0.1) is 24.3 Å². The number of methoxy groups -OCH3 is 1. The van der Waals surface area contributed by atoms with Gasteiger partial charge in [-0.1, -0.05) is 6.07 Å². The maximum atomic E-state index is 12.4. The summed E-state index contributed by atoms with van der Waals surface area (Å²) >= 11 is 0. The van der Waals surface area contributed by atoms with Crippen LogP contribution in [-0.2, 0) is 4.79 Å². The van der Waals surface area contributed by atoms with Crippen molar-refractivity contribution in [2.24, 2.45) is 0 Å². The van der Waals surface area contributed by atoms with Crippen LogP contribution in [0.5, 0.6) is 5.75 Å². The quantitative estimate of drug-likeness (QED) is 0.571. The van der Waals surface area contributed by atoms with Gasteiger partial charge in [-0.25, -0.2) is 0 Å². The molecule has 3 aromatic rings. The zero-order chi connectivity index (χ0) is 17.1. The molecular formula is C18H13N3O3. The number of aromatic nitrogens is 1. The largest absolute Gasteiger partial charge is 0.497 e. The number of nitriles is 1. The van der Waals surface area contributed by atoms with E-state index in [1.807, 2.05) is 6.07 Å². The molecule has 2 aromatic carbocycles. The number of carbonyl (C=O) groups excluding carboxylic acids is 2. The highest BCUT2D eigenvalue weighted by Crippen LogP contribution is 2.24. The topological polar surface area (TPSA) is 95.0 Å². The highest BCUT2D eigenvalue weighted by atomic mass is 16.5. The van der Waals surface area contributed by atoms with Gasteiger partial charge in [-0.15, -0.1) is 0 Å². The molecule has 0 fully saturated rings. The summed E-state index contributed by atoms with van der Waals surface area (Å²) in [6, 6.07) is 13.6. The van der Waals surface area contributed by atoms with E-state index < -0.39 is 11.7 Å². The second-order valence-electron chi connectivity index (χ2n) is 5.09. The first-order valence-electron chi connectivity index (χ1n) is 7.13. The number of fused-ring (bicyclic) bond motifs is 1. The van der Waals surface area contributed by atoms with E-state index >= 15 is 0 Å². The lowest BCUT2D eigenvalue weighted by Crippen LogP contribution is -2.22. The second kappa shape index (κ2) is 6.26. The first-order valence-corrected chi connectivity index (χ1v) is 7.13. The predicted molar refractivity (Wildman–Crippen MR) is 89.0 cm³/mol. The number of hydrogen-bond donors (Lipinski definition) is 2. The van der Waals surface area contributed by atoms with Crippen LogP contribution < -0.4 is 10.1 Å². The number of H-pyrrole nitrogens is 1. The molecule has 0 atom stereocenters. The highest BCUT2D eigenvalue weighted by molar-refractivity contribution is 6.48. The zero-order valence-electron chi connectivity index (χ0n) is 12.8. The molecule has 1 amide bonds. The van der Waals surface area contributed by atoms with Gasteiger partial charge in [0.25, 0.3) is 11.7 Å². The molecule has 118 valence electrons. The first kappa shape index (κ1) is 15.3. The Morgan fingerprint density at radius 1 is 1.21 bits per heavy atom. The fourth-order valence-electron chi connectivity index (χ4n) is 2.39. The number of carbonyl (C=O) groups is 2. The maximum absolute atomic E-state index is 12.4. The van der Waals surface area contributed by atoms with Crippen LogP contribution in [0.4, 0.5) is 5.69 Å². The number of benzene rings is 2. The monoisotopic (exact) mass is 319 g/mol. The van der Waals surface area contributed by atoms with Gasteiger partial charge in [0, 0.05) is 22.8 Å². The van der Waals surface area contributed by atoms with Gasteiger partial charge in [-0.3, -0.25) is 9.59 Å². The molecule has 0 aliphatic rings. The Morgan fingerprint density at radius 3 is 2.79 bits per heavy atom. The van der Waals surface area contributed by atoms with E-state index in [-0.39, 0.29) is 5.56 Å². The summed E-state index contributed by atoms with van der Waals surface area (Å²) in [7, 11) is 1.53. The summed E-state index contributed by atoms with van der Waals surface area (Å²) in [5, 5.41) is 12.0. The van der Waals surface area contributed by atoms with E-state index in [0.29, 0.717) is 22.4 Å². The van der Waals surface area contributed by atoms with E-state index in [0.717, 1.165) is 5.52 Å². The van der Waals surface area contributed by atoms with Crippen molar-refractivity contribution in [2.75, 3.05) is 12.4 Å². The number of nitrogens with one attached hydrogen (secondary N) is 2. The van der Waals surface area contributed by atoms with Crippen LogP contribution in [-0.4, -0.2) is 23.8 Å². The number of rotatable bonds is 4. The Morgan fingerprint density at radius 2 is 2.04 bits per heavy atom. The van der Waals surface area contributed by atoms with Crippen LogP contribution in [0, 0.1) is 11.3 Å². The number of amides is 1. The fourth-order valence-corrected chi connectivity index (χ4v) is 2.39. The van der Waals surface area contributed by atoms with Crippen molar-refractivity contribution in [2.45, 2.75) is 0 Å². The summed E-state index contributed by atoms with van der Waals surface area (Å²) in [5.41, 5.74) is 1.79. The third-order valence-electron chi connectivity index (χ3n) is 3.59. The number of ether oxygens (including phenoxy) is 1. The molecule has 0 saturated heterocycles.